The lowest BCUT2D eigenvalue weighted by molar-refractivity contribution is 0.601. The van der Waals surface area contributed by atoms with E-state index in [2.05, 4.69) is 25.0 Å². The molecule has 2 aromatic heterocycles. The van der Waals surface area contributed by atoms with Crippen LogP contribution in [-0.2, 0) is 10.0 Å². The third-order valence-electron chi connectivity index (χ3n) is 5.01. The van der Waals surface area contributed by atoms with E-state index in [9.17, 15) is 8.42 Å². The van der Waals surface area contributed by atoms with Crippen LogP contribution in [0.15, 0.2) is 108 Å². The zero-order valence-corrected chi connectivity index (χ0v) is 18.2. The molecule has 0 aliphatic carbocycles. The van der Waals surface area contributed by atoms with Crippen LogP contribution in [-0.4, -0.2) is 23.4 Å². The molecular weight excluding hydrogens is 434 g/mol. The molecule has 2 heterocycles. The molecule has 0 saturated carbocycles. The minimum absolute atomic E-state index is 0.211. The number of fused-ring (bicyclic) bond motifs is 1. The second-order valence-corrected chi connectivity index (χ2v) is 8.98. The van der Waals surface area contributed by atoms with Gasteiger partial charge in [0.25, 0.3) is 10.0 Å². The first-order valence-electron chi connectivity index (χ1n) is 10.2. The molecule has 0 aliphatic heterocycles. The van der Waals surface area contributed by atoms with Crippen LogP contribution >= 0.6 is 0 Å². The van der Waals surface area contributed by atoms with E-state index in [0.29, 0.717) is 17.3 Å². The molecule has 0 amide bonds. The van der Waals surface area contributed by atoms with Gasteiger partial charge in [-0.2, -0.15) is 0 Å². The van der Waals surface area contributed by atoms with Gasteiger partial charge in [0.15, 0.2) is 0 Å². The first kappa shape index (κ1) is 20.6. The zero-order valence-electron chi connectivity index (χ0n) is 17.4. The van der Waals surface area contributed by atoms with Gasteiger partial charge in [-0.25, -0.2) is 18.4 Å². The summed E-state index contributed by atoms with van der Waals surface area (Å²) in [7, 11) is -3.71. The van der Waals surface area contributed by atoms with E-state index < -0.39 is 10.0 Å². The summed E-state index contributed by atoms with van der Waals surface area (Å²) in [5.41, 5.74) is 2.63. The first-order chi connectivity index (χ1) is 16.1. The Balaban J connectivity index is 1.31. The summed E-state index contributed by atoms with van der Waals surface area (Å²) in [5.74, 6) is 0.419. The lowest BCUT2D eigenvalue weighted by Gasteiger charge is -2.10. The number of nitrogens with one attached hydrogen (secondary N) is 2. The predicted octanol–water partition coefficient (Wildman–Crippen LogP) is 5.24. The number of sulfonamides is 1. The van der Waals surface area contributed by atoms with Crippen molar-refractivity contribution in [1.29, 1.82) is 0 Å². The zero-order chi connectivity index (χ0) is 22.7. The lowest BCUT2D eigenvalue weighted by Crippen LogP contribution is -2.12. The summed E-state index contributed by atoms with van der Waals surface area (Å²) in [4.78, 5) is 13.2. The quantitative estimate of drug-likeness (QED) is 0.365. The Morgan fingerprint density at radius 2 is 1.39 bits per heavy atom. The highest BCUT2D eigenvalue weighted by Crippen LogP contribution is 2.23. The van der Waals surface area contributed by atoms with Crippen molar-refractivity contribution in [3.8, 4) is 11.4 Å². The van der Waals surface area contributed by atoms with Crippen LogP contribution < -0.4 is 10.0 Å². The second-order valence-electron chi connectivity index (χ2n) is 7.30. The molecule has 0 spiro atoms. The van der Waals surface area contributed by atoms with Gasteiger partial charge in [-0.15, -0.1) is 0 Å². The van der Waals surface area contributed by atoms with Crippen molar-refractivity contribution in [2.45, 2.75) is 4.90 Å². The van der Waals surface area contributed by atoms with Gasteiger partial charge in [-0.05, 0) is 65.4 Å². The van der Waals surface area contributed by atoms with Gasteiger partial charge in [0.1, 0.15) is 0 Å². The van der Waals surface area contributed by atoms with Crippen LogP contribution in [0.4, 0.5) is 17.3 Å². The van der Waals surface area contributed by atoms with Crippen molar-refractivity contribution in [2.75, 3.05) is 10.0 Å². The van der Waals surface area contributed by atoms with Crippen molar-refractivity contribution < 1.29 is 8.42 Å². The molecule has 5 rings (SSSR count). The molecule has 0 saturated heterocycles. The summed E-state index contributed by atoms with van der Waals surface area (Å²) in [6, 6.07) is 27.0. The molecule has 7 nitrogen and oxygen atoms in total. The Hall–Kier alpha value is -4.30. The average molecular weight is 454 g/mol. The number of aromatic nitrogens is 3. The van der Waals surface area contributed by atoms with Crippen molar-refractivity contribution in [3.05, 3.63) is 103 Å². The molecule has 0 unspecified atom stereocenters. The molecule has 162 valence electrons. The average Bonchev–Trinajstić information content (AvgIpc) is 2.85. The second kappa shape index (κ2) is 8.68. The first-order valence-corrected chi connectivity index (χ1v) is 11.7. The number of benzene rings is 3. The maximum atomic E-state index is 12.8. The fraction of sp³-hybridized carbons (Fsp3) is 0. The van der Waals surface area contributed by atoms with Gasteiger partial charge in [-0.1, -0.05) is 36.4 Å². The summed E-state index contributed by atoms with van der Waals surface area (Å²) < 4.78 is 28.3. The number of anilines is 3. The minimum Gasteiger partial charge on any atom is -0.324 e. The maximum absolute atomic E-state index is 12.8. The third-order valence-corrected chi connectivity index (χ3v) is 6.39. The van der Waals surface area contributed by atoms with Crippen molar-refractivity contribution in [2.24, 2.45) is 0 Å². The van der Waals surface area contributed by atoms with Gasteiger partial charge in [-0.3, -0.25) is 9.71 Å². The van der Waals surface area contributed by atoms with Gasteiger partial charge >= 0.3 is 0 Å². The monoisotopic (exact) mass is 453 g/mol. The number of pyridine rings is 1. The molecule has 2 N–H and O–H groups in total. The summed E-state index contributed by atoms with van der Waals surface area (Å²) in [5, 5.41) is 4.98. The molecule has 0 aliphatic rings. The van der Waals surface area contributed by atoms with Gasteiger partial charge < -0.3 is 5.32 Å². The highest BCUT2D eigenvalue weighted by atomic mass is 32.2. The molecule has 8 heteroatoms. The lowest BCUT2D eigenvalue weighted by atomic mass is 10.1. The van der Waals surface area contributed by atoms with E-state index in [4.69, 9.17) is 0 Å². The maximum Gasteiger partial charge on any atom is 0.261 e. The normalized spacial score (nSPS) is 11.3. The van der Waals surface area contributed by atoms with E-state index in [1.807, 2.05) is 42.5 Å². The number of nitrogens with zero attached hydrogens (tertiary/aromatic N) is 3. The number of rotatable bonds is 6. The van der Waals surface area contributed by atoms with Crippen LogP contribution in [0.5, 0.6) is 0 Å². The standard InChI is InChI=1S/C25H19N5O2S/c31-33(32,22-13-8-18-5-1-2-6-19(18)17-22)30-21-11-9-20(10-12-21)28-25-27-16-14-24(29-25)23-7-3-4-15-26-23/h1-17,30H,(H,27,28,29). The fourth-order valence-electron chi connectivity index (χ4n) is 3.38. The van der Waals surface area contributed by atoms with Crippen molar-refractivity contribution >= 4 is 38.1 Å². The smallest absolute Gasteiger partial charge is 0.261 e. The Labute approximate surface area is 191 Å². The summed E-state index contributed by atoms with van der Waals surface area (Å²) >= 11 is 0. The molecule has 0 bridgehead atoms. The van der Waals surface area contributed by atoms with Crippen molar-refractivity contribution in [3.63, 3.8) is 0 Å². The van der Waals surface area contributed by atoms with E-state index in [1.54, 1.807) is 60.9 Å². The molecule has 3 aromatic carbocycles. The third kappa shape index (κ3) is 4.65. The molecule has 0 radical (unpaired) electrons. The molecule has 0 fully saturated rings. The van der Waals surface area contributed by atoms with Crippen LogP contribution in [0.25, 0.3) is 22.2 Å². The fourth-order valence-corrected chi connectivity index (χ4v) is 4.47. The van der Waals surface area contributed by atoms with E-state index in [1.165, 1.54) is 0 Å². The Morgan fingerprint density at radius 1 is 0.636 bits per heavy atom. The predicted molar refractivity (Wildman–Crippen MR) is 130 cm³/mol. The molecule has 5 aromatic rings. The molecule has 0 atom stereocenters. The van der Waals surface area contributed by atoms with Gasteiger partial charge in [0.05, 0.1) is 16.3 Å². The van der Waals surface area contributed by atoms with Gasteiger partial charge in [0, 0.05) is 23.8 Å². The van der Waals surface area contributed by atoms with E-state index in [0.717, 1.165) is 22.2 Å². The van der Waals surface area contributed by atoms with E-state index in [-0.39, 0.29) is 4.90 Å². The van der Waals surface area contributed by atoms with Crippen LogP contribution in [0.2, 0.25) is 0 Å². The van der Waals surface area contributed by atoms with Crippen LogP contribution in [0.1, 0.15) is 0 Å². The minimum atomic E-state index is -3.71. The topological polar surface area (TPSA) is 96.9 Å². The Bertz CT molecular complexity index is 1520. The van der Waals surface area contributed by atoms with Gasteiger partial charge in [0.2, 0.25) is 5.95 Å². The van der Waals surface area contributed by atoms with Crippen LogP contribution in [0, 0.1) is 0 Å². The molecular formula is C25H19N5O2S. The number of hydrogen-bond donors (Lipinski definition) is 2. The number of hydrogen-bond acceptors (Lipinski definition) is 6. The highest BCUT2D eigenvalue weighted by molar-refractivity contribution is 7.92. The highest BCUT2D eigenvalue weighted by Gasteiger charge is 2.15. The van der Waals surface area contributed by atoms with E-state index >= 15 is 0 Å². The largest absolute Gasteiger partial charge is 0.324 e. The Kier molecular flexibility index (Phi) is 5.42. The van der Waals surface area contributed by atoms with Crippen LogP contribution in [0.3, 0.4) is 0 Å². The van der Waals surface area contributed by atoms with Crippen molar-refractivity contribution in [1.82, 2.24) is 15.0 Å². The summed E-state index contributed by atoms with van der Waals surface area (Å²) in [6.45, 7) is 0. The Morgan fingerprint density at radius 3 is 2.18 bits per heavy atom. The SMILES string of the molecule is O=S(=O)(Nc1ccc(Nc2nccc(-c3ccccn3)n2)cc1)c1ccc2ccccc2c1. The summed E-state index contributed by atoms with van der Waals surface area (Å²) in [6.07, 6.45) is 3.37. The molecule has 33 heavy (non-hydrogen) atoms.